The predicted molar refractivity (Wildman–Crippen MR) is 53.8 cm³/mol. The van der Waals surface area contributed by atoms with Crippen LogP contribution in [0.1, 0.15) is 43.7 Å². The molecule has 1 aromatic heterocycles. The zero-order valence-corrected chi connectivity index (χ0v) is 8.94. The number of aliphatic hydroxyl groups is 1. The first-order chi connectivity index (χ1) is 6.57. The van der Waals surface area contributed by atoms with Gasteiger partial charge in [0, 0.05) is 12.6 Å². The third kappa shape index (κ3) is 2.10. The minimum atomic E-state index is -0.215. The average molecular weight is 198 g/mol. The number of rotatable bonds is 4. The summed E-state index contributed by atoms with van der Waals surface area (Å²) in [6.45, 7) is 6.12. The Labute approximate surface area is 83.9 Å². The van der Waals surface area contributed by atoms with Crippen molar-refractivity contribution >= 4 is 0 Å². The van der Waals surface area contributed by atoms with Gasteiger partial charge >= 0.3 is 0 Å². The molecule has 1 atom stereocenters. The van der Waals surface area contributed by atoms with E-state index in [4.69, 9.17) is 10.8 Å². The topological polar surface area (TPSA) is 77.0 Å². The molecular formula is C9H18N4O. The second-order valence-corrected chi connectivity index (χ2v) is 3.72. The maximum absolute atomic E-state index is 8.77. The fraction of sp³-hybridized carbons (Fsp3) is 0.778. The number of hydrogen-bond acceptors (Lipinski definition) is 4. The van der Waals surface area contributed by atoms with Gasteiger partial charge in [-0.15, -0.1) is 5.10 Å². The summed E-state index contributed by atoms with van der Waals surface area (Å²) >= 11 is 0. The van der Waals surface area contributed by atoms with Crippen LogP contribution >= 0.6 is 0 Å². The van der Waals surface area contributed by atoms with Gasteiger partial charge in [0.2, 0.25) is 0 Å². The lowest BCUT2D eigenvalue weighted by atomic mass is 10.1. The number of hydrogen-bond donors (Lipinski definition) is 2. The van der Waals surface area contributed by atoms with Crippen LogP contribution in [-0.4, -0.2) is 26.7 Å². The molecule has 0 saturated carbocycles. The van der Waals surface area contributed by atoms with Crippen LogP contribution in [0.25, 0.3) is 0 Å². The predicted octanol–water partition coefficient (Wildman–Crippen LogP) is 0.550. The van der Waals surface area contributed by atoms with Crippen molar-refractivity contribution in [3.63, 3.8) is 0 Å². The molecule has 14 heavy (non-hydrogen) atoms. The highest BCUT2D eigenvalue weighted by Gasteiger charge is 2.16. The van der Waals surface area contributed by atoms with Crippen LogP contribution in [0, 0.1) is 6.92 Å². The Morgan fingerprint density at radius 2 is 2.14 bits per heavy atom. The van der Waals surface area contributed by atoms with E-state index in [0.29, 0.717) is 6.42 Å². The molecule has 0 aromatic carbocycles. The molecule has 0 aliphatic carbocycles. The molecule has 0 spiro atoms. The lowest BCUT2D eigenvalue weighted by Gasteiger charge is -2.09. The zero-order chi connectivity index (χ0) is 10.7. The Balaban J connectivity index is 2.89. The highest BCUT2D eigenvalue weighted by Crippen LogP contribution is 2.17. The fourth-order valence-corrected chi connectivity index (χ4v) is 1.46. The van der Waals surface area contributed by atoms with Gasteiger partial charge in [-0.05, 0) is 27.2 Å². The molecule has 5 heteroatoms. The number of nitrogens with zero attached hydrogens (tertiary/aromatic N) is 3. The molecule has 0 amide bonds. The van der Waals surface area contributed by atoms with E-state index in [1.807, 2.05) is 25.5 Å². The van der Waals surface area contributed by atoms with E-state index in [1.54, 1.807) is 0 Å². The van der Waals surface area contributed by atoms with E-state index in [0.717, 1.165) is 11.4 Å². The van der Waals surface area contributed by atoms with Crippen LogP contribution in [0.2, 0.25) is 0 Å². The molecule has 1 heterocycles. The normalized spacial score (nSPS) is 13.6. The van der Waals surface area contributed by atoms with Gasteiger partial charge in [0.05, 0.1) is 11.7 Å². The Bertz CT molecular complexity index is 295. The van der Waals surface area contributed by atoms with E-state index >= 15 is 0 Å². The highest BCUT2D eigenvalue weighted by molar-refractivity contribution is 5.12. The van der Waals surface area contributed by atoms with Gasteiger partial charge in [-0.3, -0.25) is 0 Å². The molecule has 0 bridgehead atoms. The van der Waals surface area contributed by atoms with Crippen molar-refractivity contribution in [1.29, 1.82) is 0 Å². The Morgan fingerprint density at radius 3 is 2.57 bits per heavy atom. The Kier molecular flexibility index (Phi) is 3.60. The third-order valence-corrected chi connectivity index (χ3v) is 2.24. The van der Waals surface area contributed by atoms with E-state index < -0.39 is 0 Å². The summed E-state index contributed by atoms with van der Waals surface area (Å²) in [5.41, 5.74) is 7.62. The minimum Gasteiger partial charge on any atom is -0.396 e. The molecule has 0 radical (unpaired) electrons. The van der Waals surface area contributed by atoms with Crippen LogP contribution < -0.4 is 5.73 Å². The standard InChI is InChI=1S/C9H18N4O/c1-6(2)13-7(3)9(11-12-13)8(10)4-5-14/h6,8,14H,4-5,10H2,1-3H3. The summed E-state index contributed by atoms with van der Waals surface area (Å²) in [7, 11) is 0. The molecule has 0 saturated heterocycles. The van der Waals surface area contributed by atoms with Gasteiger partial charge in [0.1, 0.15) is 5.69 Å². The summed E-state index contributed by atoms with van der Waals surface area (Å²) in [5.74, 6) is 0. The van der Waals surface area contributed by atoms with Gasteiger partial charge in [-0.25, -0.2) is 4.68 Å². The molecule has 0 aliphatic rings. The van der Waals surface area contributed by atoms with Crippen molar-refractivity contribution in [2.45, 2.75) is 39.3 Å². The van der Waals surface area contributed by atoms with Crippen molar-refractivity contribution in [2.75, 3.05) is 6.61 Å². The third-order valence-electron chi connectivity index (χ3n) is 2.24. The SMILES string of the molecule is Cc1c(C(N)CCO)nnn1C(C)C. The van der Waals surface area contributed by atoms with E-state index in [9.17, 15) is 0 Å². The van der Waals surface area contributed by atoms with Crippen LogP contribution in [0.5, 0.6) is 0 Å². The van der Waals surface area contributed by atoms with Crippen molar-refractivity contribution < 1.29 is 5.11 Å². The summed E-state index contributed by atoms with van der Waals surface area (Å²) in [5, 5.41) is 16.8. The summed E-state index contributed by atoms with van der Waals surface area (Å²) in [6, 6.07) is 0.0741. The average Bonchev–Trinajstić information content (AvgIpc) is 2.47. The monoisotopic (exact) mass is 198 g/mol. The first kappa shape index (κ1) is 11.1. The first-order valence-electron chi connectivity index (χ1n) is 4.86. The van der Waals surface area contributed by atoms with Crippen molar-refractivity contribution in [3.8, 4) is 0 Å². The summed E-state index contributed by atoms with van der Waals surface area (Å²) < 4.78 is 1.84. The van der Waals surface area contributed by atoms with Gasteiger partial charge in [-0.1, -0.05) is 5.21 Å². The molecule has 5 nitrogen and oxygen atoms in total. The molecule has 0 fully saturated rings. The molecule has 80 valence electrons. The molecule has 1 rings (SSSR count). The zero-order valence-electron chi connectivity index (χ0n) is 8.94. The maximum atomic E-state index is 8.77. The summed E-state index contributed by atoms with van der Waals surface area (Å²) in [6.07, 6.45) is 0.525. The fourth-order valence-electron chi connectivity index (χ4n) is 1.46. The molecule has 1 aromatic rings. The lowest BCUT2D eigenvalue weighted by Crippen LogP contribution is -2.14. The Hall–Kier alpha value is -0.940. The van der Waals surface area contributed by atoms with Gasteiger partial charge in [0.25, 0.3) is 0 Å². The lowest BCUT2D eigenvalue weighted by molar-refractivity contribution is 0.275. The molecule has 1 unspecified atom stereocenters. The maximum Gasteiger partial charge on any atom is 0.102 e. The van der Waals surface area contributed by atoms with E-state index in [1.165, 1.54) is 0 Å². The number of nitrogens with two attached hydrogens (primary N) is 1. The second-order valence-electron chi connectivity index (χ2n) is 3.72. The van der Waals surface area contributed by atoms with Gasteiger partial charge in [-0.2, -0.15) is 0 Å². The van der Waals surface area contributed by atoms with Gasteiger partial charge < -0.3 is 10.8 Å². The molecular weight excluding hydrogens is 180 g/mol. The highest BCUT2D eigenvalue weighted by atomic mass is 16.3. The van der Waals surface area contributed by atoms with Crippen LogP contribution in [0.4, 0.5) is 0 Å². The second kappa shape index (κ2) is 4.52. The minimum absolute atomic E-state index is 0.0785. The quantitative estimate of drug-likeness (QED) is 0.740. The van der Waals surface area contributed by atoms with Crippen LogP contribution in [-0.2, 0) is 0 Å². The van der Waals surface area contributed by atoms with E-state index in [-0.39, 0.29) is 18.7 Å². The smallest absolute Gasteiger partial charge is 0.102 e. The van der Waals surface area contributed by atoms with E-state index in [2.05, 4.69) is 10.3 Å². The van der Waals surface area contributed by atoms with Crippen molar-refractivity contribution in [2.24, 2.45) is 5.73 Å². The Morgan fingerprint density at radius 1 is 1.50 bits per heavy atom. The number of aliphatic hydroxyl groups excluding tert-OH is 1. The molecule has 0 aliphatic heterocycles. The largest absolute Gasteiger partial charge is 0.396 e. The summed E-state index contributed by atoms with van der Waals surface area (Å²) in [4.78, 5) is 0. The molecule has 3 N–H and O–H groups in total. The number of aromatic nitrogens is 3. The van der Waals surface area contributed by atoms with Crippen LogP contribution in [0.15, 0.2) is 0 Å². The van der Waals surface area contributed by atoms with Crippen molar-refractivity contribution in [3.05, 3.63) is 11.4 Å². The van der Waals surface area contributed by atoms with Gasteiger partial charge in [0.15, 0.2) is 0 Å². The van der Waals surface area contributed by atoms with Crippen molar-refractivity contribution in [1.82, 2.24) is 15.0 Å². The first-order valence-corrected chi connectivity index (χ1v) is 4.86. The van der Waals surface area contributed by atoms with Crippen LogP contribution in [0.3, 0.4) is 0 Å².